The van der Waals surface area contributed by atoms with Crippen LogP contribution in [0.3, 0.4) is 0 Å². The van der Waals surface area contributed by atoms with Crippen LogP contribution in [0.1, 0.15) is 37.9 Å². The molecule has 106 valence electrons. The maximum Gasteiger partial charge on any atom is 0.243 e. The molecule has 1 amide bonds. The van der Waals surface area contributed by atoms with Crippen molar-refractivity contribution in [3.05, 3.63) is 29.3 Å². The number of nitrogens with zero attached hydrogens (tertiary/aromatic N) is 1. The summed E-state index contributed by atoms with van der Waals surface area (Å²) in [6.07, 6.45) is 0. The summed E-state index contributed by atoms with van der Waals surface area (Å²) >= 11 is 0. The Labute approximate surface area is 115 Å². The number of hydrogen-bond donors (Lipinski definition) is 1. The van der Waals surface area contributed by atoms with E-state index in [0.29, 0.717) is 5.75 Å². The van der Waals surface area contributed by atoms with Crippen molar-refractivity contribution < 1.29 is 9.53 Å². The van der Waals surface area contributed by atoms with Crippen molar-refractivity contribution in [2.75, 3.05) is 21.2 Å². The minimum Gasteiger partial charge on any atom is -0.496 e. The Balaban J connectivity index is 3.27. The maximum absolute atomic E-state index is 12.0. The van der Waals surface area contributed by atoms with E-state index in [1.807, 2.05) is 18.2 Å². The average molecular weight is 264 g/mol. The highest BCUT2D eigenvalue weighted by Gasteiger charge is 2.24. The number of hydrogen-bond acceptors (Lipinski definition) is 3. The summed E-state index contributed by atoms with van der Waals surface area (Å²) in [6.45, 7) is 6.37. The Kier molecular flexibility index (Phi) is 4.58. The van der Waals surface area contributed by atoms with Crippen molar-refractivity contribution in [1.29, 1.82) is 0 Å². The zero-order chi connectivity index (χ0) is 14.8. The first kappa shape index (κ1) is 15.5. The Morgan fingerprint density at radius 3 is 2.32 bits per heavy atom. The second-order valence-electron chi connectivity index (χ2n) is 5.92. The fraction of sp³-hybridized carbons (Fsp3) is 0.533. The van der Waals surface area contributed by atoms with Crippen LogP contribution in [0.2, 0.25) is 0 Å². The van der Waals surface area contributed by atoms with Gasteiger partial charge in [-0.05, 0) is 23.1 Å². The number of amides is 1. The van der Waals surface area contributed by atoms with E-state index < -0.39 is 6.04 Å². The van der Waals surface area contributed by atoms with Crippen molar-refractivity contribution in [2.45, 2.75) is 32.2 Å². The molecule has 0 bridgehead atoms. The van der Waals surface area contributed by atoms with Crippen molar-refractivity contribution in [3.63, 3.8) is 0 Å². The molecule has 1 unspecified atom stereocenters. The molecule has 0 aromatic heterocycles. The molecule has 4 nitrogen and oxygen atoms in total. The summed E-state index contributed by atoms with van der Waals surface area (Å²) in [5.41, 5.74) is 7.92. The first-order chi connectivity index (χ1) is 8.68. The van der Waals surface area contributed by atoms with E-state index in [9.17, 15) is 4.79 Å². The summed E-state index contributed by atoms with van der Waals surface area (Å²) in [5.74, 6) is 0.514. The molecular weight excluding hydrogens is 240 g/mol. The van der Waals surface area contributed by atoms with Gasteiger partial charge in [0.1, 0.15) is 11.8 Å². The van der Waals surface area contributed by atoms with Gasteiger partial charge in [0.2, 0.25) is 5.91 Å². The van der Waals surface area contributed by atoms with Crippen LogP contribution in [-0.2, 0) is 10.2 Å². The molecule has 1 rings (SSSR count). The van der Waals surface area contributed by atoms with Gasteiger partial charge in [-0.2, -0.15) is 0 Å². The molecule has 0 aliphatic carbocycles. The third kappa shape index (κ3) is 3.47. The number of carbonyl (C=O) groups is 1. The second kappa shape index (κ2) is 5.61. The molecule has 0 spiro atoms. The molecule has 0 radical (unpaired) electrons. The van der Waals surface area contributed by atoms with E-state index in [1.165, 1.54) is 4.90 Å². The van der Waals surface area contributed by atoms with E-state index in [-0.39, 0.29) is 11.3 Å². The molecule has 2 N–H and O–H groups in total. The number of nitrogens with two attached hydrogens (primary N) is 1. The van der Waals surface area contributed by atoms with Gasteiger partial charge in [-0.25, -0.2) is 0 Å². The SMILES string of the molecule is COc1ccc(C(C)(C)C)cc1C(N)C(=O)N(C)C. The molecule has 19 heavy (non-hydrogen) atoms. The lowest BCUT2D eigenvalue weighted by Crippen LogP contribution is -2.33. The normalized spacial score (nSPS) is 13.0. The van der Waals surface area contributed by atoms with Gasteiger partial charge in [0.15, 0.2) is 0 Å². The Morgan fingerprint density at radius 2 is 1.89 bits per heavy atom. The van der Waals surface area contributed by atoms with Crippen LogP contribution in [-0.4, -0.2) is 32.0 Å². The molecule has 0 heterocycles. The summed E-state index contributed by atoms with van der Waals surface area (Å²) in [6, 6.07) is 5.14. The smallest absolute Gasteiger partial charge is 0.243 e. The molecule has 4 heteroatoms. The number of carbonyl (C=O) groups excluding carboxylic acids is 1. The fourth-order valence-corrected chi connectivity index (χ4v) is 1.86. The highest BCUT2D eigenvalue weighted by Crippen LogP contribution is 2.31. The predicted octanol–water partition coefficient (Wildman–Crippen LogP) is 2.08. The highest BCUT2D eigenvalue weighted by atomic mass is 16.5. The number of likely N-dealkylation sites (N-methyl/N-ethyl adjacent to an activating group) is 1. The van der Waals surface area contributed by atoms with Gasteiger partial charge >= 0.3 is 0 Å². The van der Waals surface area contributed by atoms with E-state index >= 15 is 0 Å². The molecule has 0 aliphatic heterocycles. The molecule has 0 fully saturated rings. The van der Waals surface area contributed by atoms with E-state index in [4.69, 9.17) is 10.5 Å². The minimum absolute atomic E-state index is 0.00189. The molecule has 1 atom stereocenters. The quantitative estimate of drug-likeness (QED) is 0.909. The van der Waals surface area contributed by atoms with Gasteiger partial charge in [-0.1, -0.05) is 26.8 Å². The highest BCUT2D eigenvalue weighted by molar-refractivity contribution is 5.83. The lowest BCUT2D eigenvalue weighted by molar-refractivity contribution is -0.130. The zero-order valence-corrected chi connectivity index (χ0v) is 12.7. The van der Waals surface area contributed by atoms with Crippen LogP contribution in [0.5, 0.6) is 5.75 Å². The van der Waals surface area contributed by atoms with Crippen molar-refractivity contribution >= 4 is 5.91 Å². The summed E-state index contributed by atoms with van der Waals surface area (Å²) in [4.78, 5) is 13.5. The molecule has 0 aliphatic rings. The van der Waals surface area contributed by atoms with Crippen LogP contribution >= 0.6 is 0 Å². The average Bonchev–Trinajstić information content (AvgIpc) is 2.34. The largest absolute Gasteiger partial charge is 0.496 e. The number of ether oxygens (including phenoxy) is 1. The zero-order valence-electron chi connectivity index (χ0n) is 12.7. The monoisotopic (exact) mass is 264 g/mol. The topological polar surface area (TPSA) is 55.6 Å². The van der Waals surface area contributed by atoms with Crippen LogP contribution < -0.4 is 10.5 Å². The van der Waals surface area contributed by atoms with Crippen LogP contribution in [0.25, 0.3) is 0 Å². The Bertz CT molecular complexity index is 462. The van der Waals surface area contributed by atoms with E-state index in [2.05, 4.69) is 20.8 Å². The van der Waals surface area contributed by atoms with Crippen LogP contribution in [0.15, 0.2) is 18.2 Å². The van der Waals surface area contributed by atoms with Crippen LogP contribution in [0, 0.1) is 0 Å². The van der Waals surface area contributed by atoms with Gasteiger partial charge < -0.3 is 15.4 Å². The lowest BCUT2D eigenvalue weighted by atomic mass is 9.85. The van der Waals surface area contributed by atoms with Crippen molar-refractivity contribution in [3.8, 4) is 5.75 Å². The standard InChI is InChI=1S/C15H24N2O2/c1-15(2,3)10-7-8-12(19-6)11(9-10)13(16)14(18)17(4)5/h7-9,13H,16H2,1-6H3. The summed E-state index contributed by atoms with van der Waals surface area (Å²) in [7, 11) is 4.98. The Morgan fingerprint density at radius 1 is 1.32 bits per heavy atom. The molecule has 0 saturated carbocycles. The predicted molar refractivity (Wildman–Crippen MR) is 77.3 cm³/mol. The van der Waals surface area contributed by atoms with Gasteiger partial charge in [-0.15, -0.1) is 0 Å². The summed E-state index contributed by atoms with van der Waals surface area (Å²) in [5, 5.41) is 0. The van der Waals surface area contributed by atoms with Gasteiger partial charge in [-0.3, -0.25) is 4.79 Å². The molecule has 1 aromatic rings. The van der Waals surface area contributed by atoms with Gasteiger partial charge in [0, 0.05) is 19.7 Å². The number of rotatable bonds is 3. The number of methoxy groups -OCH3 is 1. The fourth-order valence-electron chi connectivity index (χ4n) is 1.86. The molecule has 1 aromatic carbocycles. The lowest BCUT2D eigenvalue weighted by Gasteiger charge is -2.24. The number of benzene rings is 1. The van der Waals surface area contributed by atoms with E-state index in [1.54, 1.807) is 21.2 Å². The third-order valence-electron chi connectivity index (χ3n) is 3.14. The van der Waals surface area contributed by atoms with Gasteiger partial charge in [0.05, 0.1) is 7.11 Å². The van der Waals surface area contributed by atoms with Gasteiger partial charge in [0.25, 0.3) is 0 Å². The van der Waals surface area contributed by atoms with Crippen LogP contribution in [0.4, 0.5) is 0 Å². The first-order valence-corrected chi connectivity index (χ1v) is 6.33. The molecular formula is C15H24N2O2. The third-order valence-corrected chi connectivity index (χ3v) is 3.14. The van der Waals surface area contributed by atoms with Crippen molar-refractivity contribution in [1.82, 2.24) is 4.90 Å². The minimum atomic E-state index is -0.702. The summed E-state index contributed by atoms with van der Waals surface area (Å²) < 4.78 is 5.31. The Hall–Kier alpha value is -1.55. The molecule has 0 saturated heterocycles. The van der Waals surface area contributed by atoms with Crippen molar-refractivity contribution in [2.24, 2.45) is 5.73 Å². The second-order valence-corrected chi connectivity index (χ2v) is 5.92. The first-order valence-electron chi connectivity index (χ1n) is 6.33. The van der Waals surface area contributed by atoms with E-state index in [0.717, 1.165) is 11.1 Å². The maximum atomic E-state index is 12.0.